The maximum atomic E-state index is 4.28. The Morgan fingerprint density at radius 2 is 1.89 bits per heavy atom. The first kappa shape index (κ1) is 11.9. The average molecular weight is 255 g/mol. The number of aromatic nitrogens is 3. The number of nitrogens with zero attached hydrogens (tertiary/aromatic N) is 5. The van der Waals surface area contributed by atoms with Gasteiger partial charge in [0.2, 0.25) is 0 Å². The number of hydrogen-bond donors (Lipinski definition) is 0. The third kappa shape index (κ3) is 2.65. The third-order valence-electron chi connectivity index (χ3n) is 3.46. The fourth-order valence-corrected chi connectivity index (χ4v) is 2.36. The summed E-state index contributed by atoms with van der Waals surface area (Å²) in [7, 11) is 0. The normalized spacial score (nSPS) is 15.5. The monoisotopic (exact) mass is 255 g/mol. The van der Waals surface area contributed by atoms with E-state index in [-0.39, 0.29) is 0 Å². The molecule has 5 heteroatoms. The SMILES string of the molecule is Cc1cc(N2CCCC2)ccc1/C=N/n1cnnc1. The van der Waals surface area contributed by atoms with Crippen molar-refractivity contribution in [2.24, 2.45) is 5.10 Å². The average Bonchev–Trinajstić information content (AvgIpc) is 3.10. The van der Waals surface area contributed by atoms with Gasteiger partial charge in [0.25, 0.3) is 0 Å². The summed E-state index contributed by atoms with van der Waals surface area (Å²) in [5.74, 6) is 0. The summed E-state index contributed by atoms with van der Waals surface area (Å²) >= 11 is 0. The van der Waals surface area contributed by atoms with E-state index in [1.807, 2.05) is 6.21 Å². The van der Waals surface area contributed by atoms with Gasteiger partial charge in [-0.3, -0.25) is 0 Å². The molecule has 3 rings (SSSR count). The van der Waals surface area contributed by atoms with Crippen LogP contribution in [0, 0.1) is 6.92 Å². The van der Waals surface area contributed by atoms with Crippen molar-refractivity contribution in [1.29, 1.82) is 0 Å². The lowest BCUT2D eigenvalue weighted by atomic mass is 10.1. The molecule has 1 aromatic carbocycles. The van der Waals surface area contributed by atoms with Gasteiger partial charge < -0.3 is 4.90 Å². The molecule has 1 aromatic heterocycles. The summed E-state index contributed by atoms with van der Waals surface area (Å²) in [6, 6.07) is 6.53. The van der Waals surface area contributed by atoms with E-state index in [4.69, 9.17) is 0 Å². The second kappa shape index (κ2) is 5.22. The number of benzene rings is 1. The first-order chi connectivity index (χ1) is 9.33. The van der Waals surface area contributed by atoms with Gasteiger partial charge in [-0.25, -0.2) is 4.68 Å². The minimum absolute atomic E-state index is 1.12. The zero-order valence-corrected chi connectivity index (χ0v) is 11.0. The van der Waals surface area contributed by atoms with Crippen LogP contribution >= 0.6 is 0 Å². The summed E-state index contributed by atoms with van der Waals surface area (Å²) in [5, 5.41) is 11.7. The van der Waals surface area contributed by atoms with Crippen molar-refractivity contribution in [1.82, 2.24) is 14.9 Å². The van der Waals surface area contributed by atoms with Crippen molar-refractivity contribution in [3.63, 3.8) is 0 Å². The molecule has 0 aliphatic carbocycles. The highest BCUT2D eigenvalue weighted by Crippen LogP contribution is 2.22. The Kier molecular flexibility index (Phi) is 3.27. The highest BCUT2D eigenvalue weighted by molar-refractivity contribution is 5.82. The topological polar surface area (TPSA) is 46.3 Å². The van der Waals surface area contributed by atoms with Gasteiger partial charge in [-0.2, -0.15) is 5.10 Å². The molecule has 0 spiro atoms. The smallest absolute Gasteiger partial charge is 0.141 e. The first-order valence-electron chi connectivity index (χ1n) is 6.57. The van der Waals surface area contributed by atoms with E-state index < -0.39 is 0 Å². The first-order valence-corrected chi connectivity index (χ1v) is 6.57. The molecule has 0 bridgehead atoms. The largest absolute Gasteiger partial charge is 0.372 e. The summed E-state index contributed by atoms with van der Waals surface area (Å²) in [4.78, 5) is 2.44. The molecule has 2 heterocycles. The molecule has 0 atom stereocenters. The molecule has 0 amide bonds. The number of hydrogen-bond acceptors (Lipinski definition) is 4. The minimum atomic E-state index is 1.12. The second-order valence-electron chi connectivity index (χ2n) is 4.82. The molecule has 5 nitrogen and oxygen atoms in total. The molecule has 98 valence electrons. The van der Waals surface area contributed by atoms with Crippen molar-refractivity contribution >= 4 is 11.9 Å². The Hall–Kier alpha value is -2.17. The zero-order chi connectivity index (χ0) is 13.1. The molecule has 0 unspecified atom stereocenters. The Balaban J connectivity index is 1.79. The Morgan fingerprint density at radius 3 is 2.58 bits per heavy atom. The fraction of sp³-hybridized carbons (Fsp3) is 0.357. The van der Waals surface area contributed by atoms with E-state index in [1.165, 1.54) is 37.2 Å². The van der Waals surface area contributed by atoms with Crippen molar-refractivity contribution < 1.29 is 0 Å². The molecular weight excluding hydrogens is 238 g/mol. The van der Waals surface area contributed by atoms with Crippen molar-refractivity contribution in [2.45, 2.75) is 19.8 Å². The Bertz CT molecular complexity index is 568. The maximum absolute atomic E-state index is 4.28. The standard InChI is InChI=1S/C14H17N5/c1-12-8-14(18-6-2-3-7-18)5-4-13(12)9-17-19-10-15-16-11-19/h4-5,8-11H,2-3,6-7H2,1H3/b17-9+. The van der Waals surface area contributed by atoms with Crippen molar-refractivity contribution in [3.8, 4) is 0 Å². The van der Waals surface area contributed by atoms with E-state index in [2.05, 4.69) is 45.3 Å². The second-order valence-corrected chi connectivity index (χ2v) is 4.82. The lowest BCUT2D eigenvalue weighted by Crippen LogP contribution is -2.17. The van der Waals surface area contributed by atoms with Crippen LogP contribution in [0.15, 0.2) is 36.0 Å². The van der Waals surface area contributed by atoms with E-state index in [9.17, 15) is 0 Å². The highest BCUT2D eigenvalue weighted by atomic mass is 15.4. The van der Waals surface area contributed by atoms with Gasteiger partial charge in [0.05, 0.1) is 6.21 Å². The van der Waals surface area contributed by atoms with Gasteiger partial charge in [0.15, 0.2) is 0 Å². The quantitative estimate of drug-likeness (QED) is 0.789. The predicted molar refractivity (Wildman–Crippen MR) is 75.6 cm³/mol. The molecule has 2 aromatic rings. The fourth-order valence-electron chi connectivity index (χ4n) is 2.36. The van der Waals surface area contributed by atoms with Crippen LogP contribution in [-0.4, -0.2) is 34.2 Å². The van der Waals surface area contributed by atoms with Gasteiger partial charge in [0.1, 0.15) is 12.7 Å². The molecule has 1 aliphatic rings. The van der Waals surface area contributed by atoms with Crippen LogP contribution in [0.5, 0.6) is 0 Å². The van der Waals surface area contributed by atoms with E-state index in [0.29, 0.717) is 0 Å². The van der Waals surface area contributed by atoms with Gasteiger partial charge in [0, 0.05) is 18.8 Å². The minimum Gasteiger partial charge on any atom is -0.372 e. The molecule has 0 N–H and O–H groups in total. The van der Waals surface area contributed by atoms with E-state index in [0.717, 1.165) is 5.56 Å². The molecule has 0 saturated carbocycles. The Labute approximate surface area is 112 Å². The maximum Gasteiger partial charge on any atom is 0.141 e. The molecule has 1 aliphatic heterocycles. The lowest BCUT2D eigenvalue weighted by molar-refractivity contribution is 0.878. The molecule has 0 radical (unpaired) electrons. The number of rotatable bonds is 3. The molecule has 1 fully saturated rings. The van der Waals surface area contributed by atoms with Gasteiger partial charge in [-0.05, 0) is 43.0 Å². The summed E-state index contributed by atoms with van der Waals surface area (Å²) < 4.78 is 1.59. The van der Waals surface area contributed by atoms with Crippen molar-refractivity contribution in [3.05, 3.63) is 42.0 Å². The van der Waals surface area contributed by atoms with Crippen molar-refractivity contribution in [2.75, 3.05) is 18.0 Å². The summed E-state index contributed by atoms with van der Waals surface area (Å²) in [6.07, 6.45) is 7.59. The van der Waals surface area contributed by atoms with Crippen LogP contribution in [0.4, 0.5) is 5.69 Å². The van der Waals surface area contributed by atoms with Crippen LogP contribution in [0.25, 0.3) is 0 Å². The summed E-state index contributed by atoms with van der Waals surface area (Å²) in [5.41, 5.74) is 3.68. The van der Waals surface area contributed by atoms with Gasteiger partial charge in [-0.15, -0.1) is 10.2 Å². The number of anilines is 1. The molecule has 1 saturated heterocycles. The molecular formula is C14H17N5. The van der Waals surface area contributed by atoms with Crippen LogP contribution in [0.2, 0.25) is 0 Å². The number of aryl methyl sites for hydroxylation is 1. The zero-order valence-electron chi connectivity index (χ0n) is 11.0. The third-order valence-corrected chi connectivity index (χ3v) is 3.46. The summed E-state index contributed by atoms with van der Waals surface area (Å²) in [6.45, 7) is 4.47. The van der Waals surface area contributed by atoms with Crippen LogP contribution < -0.4 is 4.90 Å². The van der Waals surface area contributed by atoms with Crippen LogP contribution in [0.1, 0.15) is 24.0 Å². The van der Waals surface area contributed by atoms with Crippen LogP contribution in [-0.2, 0) is 0 Å². The predicted octanol–water partition coefficient (Wildman–Crippen LogP) is 2.07. The van der Waals surface area contributed by atoms with Crippen LogP contribution in [0.3, 0.4) is 0 Å². The van der Waals surface area contributed by atoms with Gasteiger partial charge in [-0.1, -0.05) is 6.07 Å². The van der Waals surface area contributed by atoms with E-state index in [1.54, 1.807) is 17.3 Å². The lowest BCUT2D eigenvalue weighted by Gasteiger charge is -2.18. The van der Waals surface area contributed by atoms with E-state index >= 15 is 0 Å². The highest BCUT2D eigenvalue weighted by Gasteiger charge is 2.12. The van der Waals surface area contributed by atoms with Gasteiger partial charge >= 0.3 is 0 Å². The Morgan fingerprint density at radius 1 is 1.16 bits per heavy atom. The molecule has 19 heavy (non-hydrogen) atoms.